The van der Waals surface area contributed by atoms with Gasteiger partial charge in [0.15, 0.2) is 0 Å². The van der Waals surface area contributed by atoms with Gasteiger partial charge in [-0.2, -0.15) is 0 Å². The number of carbonyl (C=O) groups excluding carboxylic acids is 1. The number of hydrogen-bond acceptors (Lipinski definition) is 5. The van der Waals surface area contributed by atoms with Crippen LogP contribution in [0.25, 0.3) is 0 Å². The van der Waals surface area contributed by atoms with Gasteiger partial charge in [0.2, 0.25) is 0 Å². The van der Waals surface area contributed by atoms with Gasteiger partial charge in [0.1, 0.15) is 0 Å². The van der Waals surface area contributed by atoms with E-state index in [4.69, 9.17) is 0 Å². The van der Waals surface area contributed by atoms with E-state index >= 15 is 0 Å². The summed E-state index contributed by atoms with van der Waals surface area (Å²) in [6, 6.07) is 19.7. The van der Waals surface area contributed by atoms with Crippen molar-refractivity contribution in [1.29, 1.82) is 0 Å². The van der Waals surface area contributed by atoms with E-state index in [1.165, 1.54) is 24.1 Å². The van der Waals surface area contributed by atoms with Gasteiger partial charge in [0.05, 0.1) is 15.2 Å². The minimum atomic E-state index is -3.84. The highest BCUT2D eigenvalue weighted by Gasteiger charge is 2.20. The highest BCUT2D eigenvalue weighted by Crippen LogP contribution is 2.44. The van der Waals surface area contributed by atoms with E-state index in [2.05, 4.69) is 16.1 Å². The molecule has 0 unspecified atom stereocenters. The summed E-state index contributed by atoms with van der Waals surface area (Å²) < 4.78 is 28.9. The van der Waals surface area contributed by atoms with Gasteiger partial charge in [-0.3, -0.25) is 9.52 Å². The first-order valence-corrected chi connectivity index (χ1v) is 14.3. The topological polar surface area (TPSA) is 75.3 Å². The molecule has 0 aliphatic carbocycles. The van der Waals surface area contributed by atoms with Gasteiger partial charge in [-0.15, -0.1) is 23.5 Å². The predicted octanol–water partition coefficient (Wildman–Crippen LogP) is 6.23. The lowest BCUT2D eigenvalue weighted by Crippen LogP contribution is -2.17. The Labute approximate surface area is 203 Å². The first kappa shape index (κ1) is 23.7. The number of benzene rings is 3. The van der Waals surface area contributed by atoms with Gasteiger partial charge >= 0.3 is 0 Å². The number of amides is 1. The zero-order chi connectivity index (χ0) is 23.4. The lowest BCUT2D eigenvalue weighted by molar-refractivity contribution is 0.102. The lowest BCUT2D eigenvalue weighted by Gasteiger charge is -2.21. The first-order chi connectivity index (χ1) is 15.8. The van der Waals surface area contributed by atoms with Gasteiger partial charge in [0.25, 0.3) is 15.9 Å². The van der Waals surface area contributed by atoms with Gasteiger partial charge in [-0.25, -0.2) is 8.42 Å². The molecular formula is C25H26N2O3S3. The number of hydrogen-bond donors (Lipinski definition) is 2. The highest BCUT2D eigenvalue weighted by molar-refractivity contribution is 8.16. The van der Waals surface area contributed by atoms with Crippen molar-refractivity contribution in [3.8, 4) is 0 Å². The number of aryl methyl sites for hydroxylation is 2. The molecule has 1 fully saturated rings. The summed E-state index contributed by atoms with van der Waals surface area (Å²) >= 11 is 3.85. The zero-order valence-electron chi connectivity index (χ0n) is 18.5. The first-order valence-electron chi connectivity index (χ1n) is 10.7. The molecule has 1 aliphatic heterocycles. The molecule has 1 saturated heterocycles. The van der Waals surface area contributed by atoms with Crippen molar-refractivity contribution < 1.29 is 13.2 Å². The molecule has 5 nitrogen and oxygen atoms in total. The van der Waals surface area contributed by atoms with Gasteiger partial charge < -0.3 is 5.32 Å². The summed E-state index contributed by atoms with van der Waals surface area (Å²) in [5, 5.41) is 2.94. The van der Waals surface area contributed by atoms with E-state index in [0.29, 0.717) is 27.1 Å². The minimum absolute atomic E-state index is 0.0465. The van der Waals surface area contributed by atoms with Crippen molar-refractivity contribution in [2.45, 2.75) is 29.7 Å². The largest absolute Gasteiger partial charge is 0.322 e. The van der Waals surface area contributed by atoms with Crippen molar-refractivity contribution in [2.24, 2.45) is 0 Å². The molecule has 3 aromatic rings. The number of carbonyl (C=O) groups is 1. The summed E-state index contributed by atoms with van der Waals surface area (Å²) in [7, 11) is -3.84. The van der Waals surface area contributed by atoms with Crippen molar-refractivity contribution in [3.63, 3.8) is 0 Å². The normalized spacial score (nSPS) is 14.6. The molecule has 0 radical (unpaired) electrons. The predicted molar refractivity (Wildman–Crippen MR) is 140 cm³/mol. The number of nitrogens with one attached hydrogen (secondary N) is 2. The molecule has 0 aromatic heterocycles. The van der Waals surface area contributed by atoms with Gasteiger partial charge in [0, 0.05) is 11.3 Å². The standard InChI is InChI=1S/C25H26N2O3S3/c1-17-11-12-21(33(29,30)27-23-10-4-3-7-18(23)2)16-22(17)24(28)26-20-9-5-8-19(15-20)25-31-13-6-14-32-25/h3-5,7-12,15-16,25,27H,6,13-14H2,1-2H3,(H,26,28). The van der Waals surface area contributed by atoms with Crippen LogP contribution >= 0.6 is 23.5 Å². The number of sulfonamides is 1. The summed E-state index contributed by atoms with van der Waals surface area (Å²) in [6.07, 6.45) is 1.22. The fourth-order valence-electron chi connectivity index (χ4n) is 3.55. The smallest absolute Gasteiger partial charge is 0.261 e. The molecule has 0 spiro atoms. The average molecular weight is 499 g/mol. The maximum Gasteiger partial charge on any atom is 0.261 e. The van der Waals surface area contributed by atoms with Crippen LogP contribution in [0.15, 0.2) is 71.6 Å². The summed E-state index contributed by atoms with van der Waals surface area (Å²) in [5.41, 5.74) is 4.25. The molecule has 0 bridgehead atoms. The van der Waals surface area contributed by atoms with Crippen LogP contribution < -0.4 is 10.0 Å². The number of anilines is 2. The zero-order valence-corrected chi connectivity index (χ0v) is 20.9. The van der Waals surface area contributed by atoms with E-state index < -0.39 is 10.0 Å². The highest BCUT2D eigenvalue weighted by atomic mass is 32.2. The van der Waals surface area contributed by atoms with Crippen LogP contribution in [0.2, 0.25) is 0 Å². The molecule has 33 heavy (non-hydrogen) atoms. The van der Waals surface area contributed by atoms with Crippen LogP contribution in [0, 0.1) is 13.8 Å². The number of rotatable bonds is 6. The monoisotopic (exact) mass is 498 g/mol. The second-order valence-corrected chi connectivity index (χ2v) is 12.3. The summed E-state index contributed by atoms with van der Waals surface area (Å²) in [5.74, 6) is 1.96. The molecule has 8 heteroatoms. The molecule has 1 heterocycles. The third kappa shape index (κ3) is 5.75. The van der Waals surface area contributed by atoms with Crippen LogP contribution in [0.3, 0.4) is 0 Å². The quantitative estimate of drug-likeness (QED) is 0.422. The molecule has 1 aliphatic rings. The van der Waals surface area contributed by atoms with Crippen molar-refractivity contribution in [2.75, 3.05) is 21.5 Å². The second kappa shape index (κ2) is 10.2. The molecule has 1 amide bonds. The van der Waals surface area contributed by atoms with Crippen LogP contribution in [-0.2, 0) is 10.0 Å². The van der Waals surface area contributed by atoms with Crippen LogP contribution in [0.1, 0.15) is 38.1 Å². The Balaban J connectivity index is 1.55. The Kier molecular flexibility index (Phi) is 7.36. The fraction of sp³-hybridized carbons (Fsp3) is 0.240. The Bertz CT molecular complexity index is 1270. The van der Waals surface area contributed by atoms with Gasteiger partial charge in [-0.1, -0.05) is 36.4 Å². The fourth-order valence-corrected chi connectivity index (χ4v) is 7.58. The van der Waals surface area contributed by atoms with E-state index in [1.54, 1.807) is 25.1 Å². The van der Waals surface area contributed by atoms with Crippen molar-refractivity contribution in [3.05, 3.63) is 89.0 Å². The Hall–Kier alpha value is -2.42. The van der Waals surface area contributed by atoms with Crippen LogP contribution in [0.5, 0.6) is 0 Å². The average Bonchev–Trinajstić information content (AvgIpc) is 2.81. The minimum Gasteiger partial charge on any atom is -0.322 e. The Morgan fingerprint density at radius 1 is 0.909 bits per heavy atom. The maximum atomic E-state index is 13.1. The molecule has 4 rings (SSSR count). The van der Waals surface area contributed by atoms with Crippen LogP contribution in [-0.4, -0.2) is 25.8 Å². The van der Waals surface area contributed by atoms with E-state index in [0.717, 1.165) is 17.1 Å². The third-order valence-electron chi connectivity index (χ3n) is 5.40. The second-order valence-electron chi connectivity index (χ2n) is 7.90. The van der Waals surface area contributed by atoms with Gasteiger partial charge in [-0.05, 0) is 78.8 Å². The van der Waals surface area contributed by atoms with Crippen molar-refractivity contribution in [1.82, 2.24) is 0 Å². The summed E-state index contributed by atoms with van der Waals surface area (Å²) in [4.78, 5) is 13.1. The van der Waals surface area contributed by atoms with E-state index in [1.807, 2.05) is 60.8 Å². The number of para-hydroxylation sites is 1. The third-order valence-corrected chi connectivity index (χ3v) is 9.78. The molecule has 0 saturated carbocycles. The van der Waals surface area contributed by atoms with E-state index in [-0.39, 0.29) is 10.8 Å². The molecule has 172 valence electrons. The SMILES string of the molecule is Cc1ccccc1NS(=O)(=O)c1ccc(C)c(C(=O)Nc2cccc(C3SCCCS3)c2)c1. The Morgan fingerprint density at radius 3 is 2.42 bits per heavy atom. The van der Waals surface area contributed by atoms with E-state index in [9.17, 15) is 13.2 Å². The molecule has 2 N–H and O–H groups in total. The molecule has 0 atom stereocenters. The summed E-state index contributed by atoms with van der Waals surface area (Å²) in [6.45, 7) is 3.64. The lowest BCUT2D eigenvalue weighted by atomic mass is 10.1. The molecule has 3 aromatic carbocycles. The number of thioether (sulfide) groups is 2. The van der Waals surface area contributed by atoms with Crippen LogP contribution in [0.4, 0.5) is 11.4 Å². The Morgan fingerprint density at radius 2 is 1.67 bits per heavy atom. The van der Waals surface area contributed by atoms with Crippen molar-refractivity contribution >= 4 is 50.8 Å². The molecular weight excluding hydrogens is 472 g/mol. The maximum absolute atomic E-state index is 13.1.